The number of phenols is 1. The Hall–Kier alpha value is -2.89. The van der Waals surface area contributed by atoms with E-state index in [0.29, 0.717) is 18.2 Å². The number of ether oxygens (including phenoxy) is 1. The number of nitrogens with one attached hydrogen (secondary N) is 1. The summed E-state index contributed by atoms with van der Waals surface area (Å²) >= 11 is 0. The molecule has 0 saturated heterocycles. The van der Waals surface area contributed by atoms with Crippen LogP contribution in [0.2, 0.25) is 0 Å². The molecule has 1 heterocycles. The average Bonchev–Trinajstić information content (AvgIpc) is 2.91. The number of phenolic OH excluding ortho intramolecular Hbond substituents is 1. The van der Waals surface area contributed by atoms with Crippen molar-refractivity contribution < 1.29 is 9.84 Å². The molecule has 0 aliphatic carbocycles. The first kappa shape index (κ1) is 13.1. The number of hydrogen-bond donors (Lipinski definition) is 2. The van der Waals surface area contributed by atoms with Crippen molar-refractivity contribution in [3.8, 4) is 11.5 Å². The van der Waals surface area contributed by atoms with Gasteiger partial charge in [-0.1, -0.05) is 18.2 Å². The number of benzene rings is 2. The molecule has 0 radical (unpaired) electrons. The van der Waals surface area contributed by atoms with E-state index in [2.05, 4.69) is 20.2 Å². The maximum absolute atomic E-state index is 9.52. The number of methoxy groups -OCH3 is 1. The first-order chi connectivity index (χ1) is 10.3. The molecule has 2 aromatic carbocycles. The van der Waals surface area contributed by atoms with E-state index in [1.807, 2.05) is 24.3 Å². The fourth-order valence-electron chi connectivity index (χ4n) is 1.99. The standard InChI is InChI=1S/C15H14N4O2/c1-21-14-8-10(6-7-13(14)20)9-16-19-15-17-11-4-2-3-5-12(11)18-15/h2-8,20H,9H2,1H3,(H,17,18). The van der Waals surface area contributed by atoms with Gasteiger partial charge in [0.2, 0.25) is 5.95 Å². The summed E-state index contributed by atoms with van der Waals surface area (Å²) in [4.78, 5) is 7.39. The van der Waals surface area contributed by atoms with Gasteiger partial charge >= 0.3 is 0 Å². The summed E-state index contributed by atoms with van der Waals surface area (Å²) in [6.45, 7) is 0.383. The minimum absolute atomic E-state index is 0.107. The van der Waals surface area contributed by atoms with Crippen molar-refractivity contribution in [2.24, 2.45) is 10.2 Å². The van der Waals surface area contributed by atoms with Gasteiger partial charge in [-0.05, 0) is 29.8 Å². The van der Waals surface area contributed by atoms with E-state index in [1.54, 1.807) is 18.2 Å². The molecular weight excluding hydrogens is 268 g/mol. The third-order valence-electron chi connectivity index (χ3n) is 3.04. The maximum atomic E-state index is 9.52. The van der Waals surface area contributed by atoms with Crippen molar-refractivity contribution in [3.05, 3.63) is 48.0 Å². The lowest BCUT2D eigenvalue weighted by Crippen LogP contribution is -1.86. The highest BCUT2D eigenvalue weighted by Crippen LogP contribution is 2.26. The molecule has 6 heteroatoms. The van der Waals surface area contributed by atoms with Crippen molar-refractivity contribution in [1.29, 1.82) is 0 Å². The van der Waals surface area contributed by atoms with E-state index in [9.17, 15) is 5.11 Å². The molecule has 6 nitrogen and oxygen atoms in total. The molecule has 0 spiro atoms. The molecule has 0 aliphatic rings. The van der Waals surface area contributed by atoms with E-state index in [-0.39, 0.29) is 5.75 Å². The summed E-state index contributed by atoms with van der Waals surface area (Å²) in [7, 11) is 1.51. The van der Waals surface area contributed by atoms with Crippen molar-refractivity contribution >= 4 is 17.0 Å². The third-order valence-corrected chi connectivity index (χ3v) is 3.04. The van der Waals surface area contributed by atoms with Gasteiger partial charge < -0.3 is 14.8 Å². The zero-order valence-corrected chi connectivity index (χ0v) is 11.4. The van der Waals surface area contributed by atoms with Crippen LogP contribution in [-0.4, -0.2) is 22.2 Å². The molecule has 3 aromatic rings. The topological polar surface area (TPSA) is 82.9 Å². The second-order valence-electron chi connectivity index (χ2n) is 4.48. The molecule has 0 bridgehead atoms. The lowest BCUT2D eigenvalue weighted by atomic mass is 10.2. The lowest BCUT2D eigenvalue weighted by Gasteiger charge is -2.04. The predicted octanol–water partition coefficient (Wildman–Crippen LogP) is 3.56. The fourth-order valence-corrected chi connectivity index (χ4v) is 1.99. The highest BCUT2D eigenvalue weighted by molar-refractivity contribution is 5.76. The molecule has 106 valence electrons. The summed E-state index contributed by atoms with van der Waals surface area (Å²) < 4.78 is 5.05. The monoisotopic (exact) mass is 282 g/mol. The SMILES string of the molecule is COc1cc(CN=Nc2nc3ccccc3[nH]2)ccc1O. The van der Waals surface area contributed by atoms with Crippen LogP contribution in [0.3, 0.4) is 0 Å². The van der Waals surface area contributed by atoms with E-state index < -0.39 is 0 Å². The van der Waals surface area contributed by atoms with E-state index in [4.69, 9.17) is 4.74 Å². The second-order valence-corrected chi connectivity index (χ2v) is 4.48. The van der Waals surface area contributed by atoms with Crippen LogP contribution in [-0.2, 0) is 6.54 Å². The van der Waals surface area contributed by atoms with Gasteiger partial charge in [-0.2, -0.15) is 5.11 Å². The summed E-state index contributed by atoms with van der Waals surface area (Å²) in [5.41, 5.74) is 2.68. The van der Waals surface area contributed by atoms with E-state index in [0.717, 1.165) is 16.6 Å². The summed E-state index contributed by atoms with van der Waals surface area (Å²) in [5.74, 6) is 1.00. The zero-order valence-electron chi connectivity index (χ0n) is 11.4. The number of nitrogens with zero attached hydrogens (tertiary/aromatic N) is 3. The van der Waals surface area contributed by atoms with Gasteiger partial charge in [0, 0.05) is 0 Å². The number of aromatic hydroxyl groups is 1. The van der Waals surface area contributed by atoms with Crippen LogP contribution in [0, 0.1) is 0 Å². The van der Waals surface area contributed by atoms with Gasteiger partial charge in [-0.25, -0.2) is 4.98 Å². The maximum Gasteiger partial charge on any atom is 0.247 e. The van der Waals surface area contributed by atoms with Crippen molar-refractivity contribution in [2.45, 2.75) is 6.54 Å². The molecule has 0 unspecified atom stereocenters. The second kappa shape index (κ2) is 5.62. The highest BCUT2D eigenvalue weighted by Gasteiger charge is 2.03. The van der Waals surface area contributed by atoms with Crippen LogP contribution in [0.25, 0.3) is 11.0 Å². The largest absolute Gasteiger partial charge is 0.504 e. The first-order valence-electron chi connectivity index (χ1n) is 6.44. The normalized spacial score (nSPS) is 11.3. The number of H-pyrrole nitrogens is 1. The average molecular weight is 282 g/mol. The molecular formula is C15H14N4O2. The fraction of sp³-hybridized carbons (Fsp3) is 0.133. The number of aromatic amines is 1. The molecule has 3 rings (SSSR count). The van der Waals surface area contributed by atoms with E-state index >= 15 is 0 Å². The Labute approximate surface area is 121 Å². The van der Waals surface area contributed by atoms with Crippen LogP contribution in [0.4, 0.5) is 5.95 Å². The number of fused-ring (bicyclic) bond motifs is 1. The summed E-state index contributed by atoms with van der Waals surface area (Å²) in [6.07, 6.45) is 0. The van der Waals surface area contributed by atoms with Crippen LogP contribution in [0.1, 0.15) is 5.56 Å². The smallest absolute Gasteiger partial charge is 0.247 e. The minimum atomic E-state index is 0.107. The van der Waals surface area contributed by atoms with Gasteiger partial charge in [0.05, 0.1) is 24.7 Å². The molecule has 0 fully saturated rings. The summed E-state index contributed by atoms with van der Waals surface area (Å²) in [5, 5.41) is 17.7. The third kappa shape index (κ3) is 2.84. The van der Waals surface area contributed by atoms with Crippen molar-refractivity contribution in [1.82, 2.24) is 9.97 Å². The molecule has 1 aromatic heterocycles. The van der Waals surface area contributed by atoms with Gasteiger partial charge in [0.25, 0.3) is 0 Å². The van der Waals surface area contributed by atoms with Crippen molar-refractivity contribution in [2.75, 3.05) is 7.11 Å². The van der Waals surface area contributed by atoms with Crippen LogP contribution in [0.15, 0.2) is 52.7 Å². The Kier molecular flexibility index (Phi) is 3.51. The molecule has 0 atom stereocenters. The Balaban J connectivity index is 1.74. The molecule has 0 aliphatic heterocycles. The highest BCUT2D eigenvalue weighted by atomic mass is 16.5. The van der Waals surface area contributed by atoms with Gasteiger partial charge in [-0.15, -0.1) is 5.11 Å². The summed E-state index contributed by atoms with van der Waals surface area (Å²) in [6, 6.07) is 12.8. The number of para-hydroxylation sites is 2. The van der Waals surface area contributed by atoms with Gasteiger partial charge in [0.15, 0.2) is 11.5 Å². The quantitative estimate of drug-likeness (QED) is 0.718. The number of azo groups is 1. The first-order valence-corrected chi connectivity index (χ1v) is 6.44. The number of rotatable bonds is 4. The number of hydrogen-bond acceptors (Lipinski definition) is 5. The molecule has 21 heavy (non-hydrogen) atoms. The van der Waals surface area contributed by atoms with Gasteiger partial charge in [0.1, 0.15) is 0 Å². The Morgan fingerprint density at radius 1 is 1.24 bits per heavy atom. The Morgan fingerprint density at radius 3 is 2.90 bits per heavy atom. The number of aromatic nitrogens is 2. The van der Waals surface area contributed by atoms with Crippen LogP contribution < -0.4 is 4.74 Å². The Bertz CT molecular complexity index is 762. The van der Waals surface area contributed by atoms with Crippen LogP contribution in [0.5, 0.6) is 11.5 Å². The van der Waals surface area contributed by atoms with E-state index in [1.165, 1.54) is 7.11 Å². The van der Waals surface area contributed by atoms with Crippen LogP contribution >= 0.6 is 0 Å². The minimum Gasteiger partial charge on any atom is -0.504 e. The lowest BCUT2D eigenvalue weighted by molar-refractivity contribution is 0.373. The number of imidazole rings is 1. The zero-order chi connectivity index (χ0) is 14.7. The predicted molar refractivity (Wildman–Crippen MR) is 79.0 cm³/mol. The molecule has 2 N–H and O–H groups in total. The molecule has 0 amide bonds. The van der Waals surface area contributed by atoms with Gasteiger partial charge in [-0.3, -0.25) is 0 Å². The molecule has 0 saturated carbocycles. The van der Waals surface area contributed by atoms with Crippen molar-refractivity contribution in [3.63, 3.8) is 0 Å². The Morgan fingerprint density at radius 2 is 2.10 bits per heavy atom.